The van der Waals surface area contributed by atoms with Gasteiger partial charge in [-0.3, -0.25) is 14.5 Å². The molecule has 0 saturated heterocycles. The number of hydrogen-bond acceptors (Lipinski definition) is 6. The highest BCUT2D eigenvalue weighted by Gasteiger charge is 2.55. The number of para-hydroxylation sites is 1. The third kappa shape index (κ3) is 4.09. The smallest absolute Gasteiger partial charge is 0.231 e. The lowest BCUT2D eigenvalue weighted by Gasteiger charge is -2.42. The van der Waals surface area contributed by atoms with Crippen molar-refractivity contribution in [2.24, 2.45) is 28.5 Å². The van der Waals surface area contributed by atoms with Crippen molar-refractivity contribution >= 4 is 17.8 Å². The van der Waals surface area contributed by atoms with Crippen molar-refractivity contribution in [1.29, 1.82) is 0 Å². The molecule has 1 saturated carbocycles. The van der Waals surface area contributed by atoms with Crippen LogP contribution in [0.1, 0.15) is 65.5 Å². The Balaban J connectivity index is 1.46. The van der Waals surface area contributed by atoms with Crippen molar-refractivity contribution in [3.63, 3.8) is 0 Å². The summed E-state index contributed by atoms with van der Waals surface area (Å²) in [5.74, 6) is 0.620. The predicted molar refractivity (Wildman–Crippen MR) is 125 cm³/mol. The number of nitrogens with two attached hydrogens (primary N) is 1. The largest absolute Gasteiger partial charge is 0.485 e. The molecule has 8 heteroatoms. The number of guanidine groups is 1. The van der Waals surface area contributed by atoms with E-state index in [9.17, 15) is 14.7 Å². The highest BCUT2D eigenvalue weighted by Crippen LogP contribution is 2.48. The number of ether oxygens (including phenoxy) is 1. The molecule has 3 unspecified atom stereocenters. The average Bonchev–Trinajstić information content (AvgIpc) is 3.42. The summed E-state index contributed by atoms with van der Waals surface area (Å²) in [7, 11) is 0. The van der Waals surface area contributed by atoms with Crippen LogP contribution in [0, 0.1) is 17.8 Å². The number of hydrogen-bond donors (Lipinski definition) is 3. The minimum atomic E-state index is -0.897. The summed E-state index contributed by atoms with van der Waals surface area (Å²) in [6, 6.07) is 6.89. The average molecular weight is 457 g/mol. The van der Waals surface area contributed by atoms with Crippen molar-refractivity contribution in [2.75, 3.05) is 6.54 Å². The number of aliphatic hydroxyl groups is 1. The van der Waals surface area contributed by atoms with Crippen molar-refractivity contribution in [3.8, 4) is 5.75 Å². The maximum absolute atomic E-state index is 13.2. The number of rotatable bonds is 6. The zero-order valence-corrected chi connectivity index (χ0v) is 20.2. The summed E-state index contributed by atoms with van der Waals surface area (Å²) in [6.07, 6.45) is 0.977. The molecule has 2 heterocycles. The van der Waals surface area contributed by atoms with Gasteiger partial charge in [-0.2, -0.15) is 0 Å². The van der Waals surface area contributed by atoms with Gasteiger partial charge in [0.05, 0.1) is 18.0 Å². The molecule has 8 nitrogen and oxygen atoms in total. The number of nitrogens with zero attached hydrogens (tertiary/aromatic N) is 2. The number of aliphatic hydroxyl groups excluding tert-OH is 1. The van der Waals surface area contributed by atoms with E-state index in [0.717, 1.165) is 18.4 Å². The molecule has 2 aliphatic heterocycles. The van der Waals surface area contributed by atoms with Gasteiger partial charge >= 0.3 is 0 Å². The Morgan fingerprint density at radius 1 is 1.30 bits per heavy atom. The molecule has 0 bridgehead atoms. The van der Waals surface area contributed by atoms with Gasteiger partial charge in [-0.25, -0.2) is 4.99 Å². The van der Waals surface area contributed by atoms with E-state index in [0.29, 0.717) is 18.7 Å². The van der Waals surface area contributed by atoms with Gasteiger partial charge in [0.15, 0.2) is 5.96 Å². The Morgan fingerprint density at radius 2 is 1.97 bits per heavy atom. The predicted octanol–water partition coefficient (Wildman–Crippen LogP) is 2.36. The molecule has 1 aromatic carbocycles. The lowest BCUT2D eigenvalue weighted by molar-refractivity contribution is -0.131. The molecule has 2 amide bonds. The SMILES string of the molecule is CCC1(CC)CC(=O)N(CC2C(C)C2C(=O)N[C@@H]2c3ccccc3OC(C)(C)[C@@H]2O)C(N)=N1. The molecule has 4 rings (SSSR count). The number of benzene rings is 1. The fourth-order valence-electron chi connectivity index (χ4n) is 5.32. The van der Waals surface area contributed by atoms with Gasteiger partial charge in [0.25, 0.3) is 0 Å². The van der Waals surface area contributed by atoms with E-state index in [1.54, 1.807) is 4.90 Å². The lowest BCUT2D eigenvalue weighted by atomic mass is 9.86. The van der Waals surface area contributed by atoms with Crippen LogP contribution >= 0.6 is 0 Å². The van der Waals surface area contributed by atoms with Crippen LogP contribution in [0.4, 0.5) is 0 Å². The maximum atomic E-state index is 13.2. The van der Waals surface area contributed by atoms with Gasteiger partial charge in [0.1, 0.15) is 17.5 Å². The van der Waals surface area contributed by atoms with Gasteiger partial charge in [0.2, 0.25) is 11.8 Å². The third-order valence-electron chi connectivity index (χ3n) is 7.94. The zero-order chi connectivity index (χ0) is 24.1. The molecule has 4 N–H and O–H groups in total. The number of fused-ring (bicyclic) bond motifs is 1. The minimum Gasteiger partial charge on any atom is -0.485 e. The second-order valence-electron chi connectivity index (χ2n) is 10.3. The monoisotopic (exact) mass is 456 g/mol. The van der Waals surface area contributed by atoms with Crippen LogP contribution in [-0.4, -0.2) is 51.6 Å². The molecule has 1 fully saturated rings. The van der Waals surface area contributed by atoms with Crippen LogP contribution in [0.3, 0.4) is 0 Å². The molecule has 0 aromatic heterocycles. The molecule has 33 heavy (non-hydrogen) atoms. The van der Waals surface area contributed by atoms with E-state index in [2.05, 4.69) is 10.3 Å². The summed E-state index contributed by atoms with van der Waals surface area (Å²) in [6.45, 7) is 10.1. The Morgan fingerprint density at radius 3 is 2.61 bits per heavy atom. The highest BCUT2D eigenvalue weighted by atomic mass is 16.5. The van der Waals surface area contributed by atoms with Gasteiger partial charge in [0, 0.05) is 18.0 Å². The van der Waals surface area contributed by atoms with Crippen LogP contribution < -0.4 is 15.8 Å². The molecule has 0 spiro atoms. The van der Waals surface area contributed by atoms with Gasteiger partial charge in [-0.15, -0.1) is 0 Å². The summed E-state index contributed by atoms with van der Waals surface area (Å²) < 4.78 is 5.95. The second-order valence-corrected chi connectivity index (χ2v) is 10.3. The fourth-order valence-corrected chi connectivity index (χ4v) is 5.32. The first-order chi connectivity index (χ1) is 15.5. The topological polar surface area (TPSA) is 117 Å². The van der Waals surface area contributed by atoms with Crippen molar-refractivity contribution in [3.05, 3.63) is 29.8 Å². The standard InChI is InChI=1S/C25H36N4O4/c1-6-25(7-2)12-18(30)29(23(26)28-25)13-16-14(3)19(16)22(32)27-20-15-10-8-9-11-17(15)33-24(4,5)21(20)31/h8-11,14,16,19-21,31H,6-7,12-13H2,1-5H3,(H2,26,28)(H,27,32)/t14?,16?,19?,20-,21-/m1/s1. The molecule has 0 radical (unpaired) electrons. The quantitative estimate of drug-likeness (QED) is 0.608. The molecule has 1 aliphatic carbocycles. The van der Waals surface area contributed by atoms with E-state index in [1.165, 1.54) is 0 Å². The first-order valence-electron chi connectivity index (χ1n) is 12.0. The van der Waals surface area contributed by atoms with E-state index < -0.39 is 23.3 Å². The van der Waals surface area contributed by atoms with Gasteiger partial charge in [-0.05, 0) is 44.6 Å². The van der Waals surface area contributed by atoms with Crippen molar-refractivity contribution < 1.29 is 19.4 Å². The van der Waals surface area contributed by atoms with Gasteiger partial charge in [-0.1, -0.05) is 39.0 Å². The zero-order valence-electron chi connectivity index (χ0n) is 20.2. The molecular formula is C25H36N4O4. The van der Waals surface area contributed by atoms with Crippen LogP contribution in [0.5, 0.6) is 5.75 Å². The Hall–Kier alpha value is -2.61. The fraction of sp³-hybridized carbons (Fsp3) is 0.640. The molecule has 180 valence electrons. The first kappa shape index (κ1) is 23.5. The number of amides is 2. The molecule has 5 atom stereocenters. The minimum absolute atomic E-state index is 0.00121. The second kappa shape index (κ2) is 8.31. The van der Waals surface area contributed by atoms with Gasteiger partial charge < -0.3 is 20.9 Å². The number of aliphatic imine (C=N–C) groups is 1. The summed E-state index contributed by atoms with van der Waals surface area (Å²) >= 11 is 0. The van der Waals surface area contributed by atoms with Crippen LogP contribution in [0.25, 0.3) is 0 Å². The van der Waals surface area contributed by atoms with Crippen LogP contribution in [0.15, 0.2) is 29.3 Å². The molecule has 1 aromatic rings. The van der Waals surface area contributed by atoms with Crippen LogP contribution in [0.2, 0.25) is 0 Å². The summed E-state index contributed by atoms with van der Waals surface area (Å²) in [4.78, 5) is 32.3. The third-order valence-corrected chi connectivity index (χ3v) is 7.94. The summed E-state index contributed by atoms with van der Waals surface area (Å²) in [5.41, 5.74) is 5.71. The van der Waals surface area contributed by atoms with Crippen molar-refractivity contribution in [1.82, 2.24) is 10.2 Å². The Labute approximate surface area is 195 Å². The Bertz CT molecular complexity index is 971. The first-order valence-corrected chi connectivity index (χ1v) is 12.0. The van der Waals surface area contributed by atoms with Crippen molar-refractivity contribution in [2.45, 2.75) is 77.2 Å². The number of carbonyl (C=O) groups is 2. The Kier molecular flexibility index (Phi) is 5.93. The lowest BCUT2D eigenvalue weighted by Crippen LogP contribution is -2.54. The van der Waals surface area contributed by atoms with E-state index in [4.69, 9.17) is 10.5 Å². The molecule has 3 aliphatic rings. The van der Waals surface area contributed by atoms with E-state index in [1.807, 2.05) is 58.9 Å². The normalized spacial score (nSPS) is 31.8. The number of nitrogens with one attached hydrogen (secondary N) is 1. The maximum Gasteiger partial charge on any atom is 0.231 e. The van der Waals surface area contributed by atoms with E-state index >= 15 is 0 Å². The summed E-state index contributed by atoms with van der Waals surface area (Å²) in [5, 5.41) is 14.0. The van der Waals surface area contributed by atoms with E-state index in [-0.39, 0.29) is 35.5 Å². The number of carbonyl (C=O) groups excluding carboxylic acids is 2. The van der Waals surface area contributed by atoms with Crippen LogP contribution in [-0.2, 0) is 9.59 Å². The molecular weight excluding hydrogens is 420 g/mol. The highest BCUT2D eigenvalue weighted by molar-refractivity contribution is 5.99.